The van der Waals surface area contributed by atoms with Gasteiger partial charge in [0, 0.05) is 44.3 Å². The fraction of sp³-hybridized carbons (Fsp3) is 0.759. The zero-order chi connectivity index (χ0) is 24.2. The Morgan fingerprint density at radius 1 is 0.972 bits per heavy atom. The number of carbonyl (C=O) groups is 1. The molecule has 1 aromatic carbocycles. The number of benzene rings is 1. The lowest BCUT2D eigenvalue weighted by atomic mass is 9.53. The van der Waals surface area contributed by atoms with Crippen LogP contribution in [0.3, 0.4) is 0 Å². The van der Waals surface area contributed by atoms with E-state index in [-0.39, 0.29) is 5.91 Å². The maximum Gasteiger partial charge on any atom is 0.234 e. The molecule has 4 bridgehead atoms. The first-order valence-corrected chi connectivity index (χ1v) is 14.4. The third-order valence-corrected chi connectivity index (χ3v) is 10.0. The van der Waals surface area contributed by atoms with E-state index < -0.39 is 11.6 Å². The molecule has 8 rings (SSSR count). The number of amides is 1. The SMILES string of the molecule is O=C1CN(CCCOc2ccc([C@H]3CC[C@]4(CC3)OO[C@]3(O4)C4CC5CC(C4)CC3C5)cc2)CCN1. The van der Waals surface area contributed by atoms with Crippen molar-refractivity contribution in [2.24, 2.45) is 23.7 Å². The van der Waals surface area contributed by atoms with Gasteiger partial charge in [-0.1, -0.05) is 12.1 Å². The van der Waals surface area contributed by atoms with Gasteiger partial charge in [0.25, 0.3) is 0 Å². The second-order valence-electron chi connectivity index (χ2n) is 12.4. The predicted molar refractivity (Wildman–Crippen MR) is 133 cm³/mol. The van der Waals surface area contributed by atoms with Gasteiger partial charge in [-0.3, -0.25) is 9.69 Å². The fourth-order valence-corrected chi connectivity index (χ4v) is 8.38. The number of hydrogen-bond acceptors (Lipinski definition) is 6. The first-order valence-electron chi connectivity index (χ1n) is 14.4. The van der Waals surface area contributed by atoms with Crippen molar-refractivity contribution < 1.29 is 24.0 Å². The van der Waals surface area contributed by atoms with Crippen molar-refractivity contribution >= 4 is 5.91 Å². The maximum absolute atomic E-state index is 11.5. The monoisotopic (exact) mass is 496 g/mol. The minimum Gasteiger partial charge on any atom is -0.494 e. The summed E-state index contributed by atoms with van der Waals surface area (Å²) >= 11 is 0. The van der Waals surface area contributed by atoms with E-state index in [0.29, 0.717) is 30.9 Å². The van der Waals surface area contributed by atoms with Crippen molar-refractivity contribution in [3.63, 3.8) is 0 Å². The molecule has 1 N–H and O–H groups in total. The average molecular weight is 497 g/mol. The molecule has 0 unspecified atom stereocenters. The van der Waals surface area contributed by atoms with E-state index in [1.807, 2.05) is 0 Å². The van der Waals surface area contributed by atoms with Crippen LogP contribution in [0.5, 0.6) is 5.75 Å². The van der Waals surface area contributed by atoms with Crippen LogP contribution >= 0.6 is 0 Å². The van der Waals surface area contributed by atoms with Gasteiger partial charge < -0.3 is 14.8 Å². The van der Waals surface area contributed by atoms with Crippen LogP contribution in [0.4, 0.5) is 0 Å². The van der Waals surface area contributed by atoms with Gasteiger partial charge in [0.05, 0.1) is 13.2 Å². The van der Waals surface area contributed by atoms with Gasteiger partial charge in [-0.2, -0.15) is 9.78 Å². The van der Waals surface area contributed by atoms with E-state index in [9.17, 15) is 4.79 Å². The molecule has 7 fully saturated rings. The number of carbonyl (C=O) groups excluding carboxylic acids is 1. The van der Waals surface area contributed by atoms with E-state index in [2.05, 4.69) is 34.5 Å². The Kier molecular flexibility index (Phi) is 6.03. The van der Waals surface area contributed by atoms with E-state index in [1.54, 1.807) is 0 Å². The van der Waals surface area contributed by atoms with Crippen LogP contribution in [0, 0.1) is 23.7 Å². The van der Waals surface area contributed by atoms with Gasteiger partial charge in [0.1, 0.15) is 5.75 Å². The largest absolute Gasteiger partial charge is 0.494 e. The minimum atomic E-state index is -0.538. The Labute approximate surface area is 214 Å². The molecular weight excluding hydrogens is 456 g/mol. The molecule has 2 spiro atoms. The molecule has 0 atom stereocenters. The van der Waals surface area contributed by atoms with Crippen LogP contribution in [0.2, 0.25) is 0 Å². The Balaban J connectivity index is 0.893. The number of ether oxygens (including phenoxy) is 2. The van der Waals surface area contributed by atoms with Crippen molar-refractivity contribution in [2.75, 3.05) is 32.8 Å². The van der Waals surface area contributed by atoms with Crippen molar-refractivity contribution in [2.45, 2.75) is 81.7 Å². The van der Waals surface area contributed by atoms with Crippen molar-refractivity contribution in [3.05, 3.63) is 29.8 Å². The third kappa shape index (κ3) is 4.26. The van der Waals surface area contributed by atoms with Crippen LogP contribution in [-0.4, -0.2) is 55.2 Å². The van der Waals surface area contributed by atoms with Gasteiger partial charge in [0.2, 0.25) is 17.5 Å². The Hall–Kier alpha value is -1.67. The van der Waals surface area contributed by atoms with Crippen LogP contribution in [0.15, 0.2) is 24.3 Å². The normalized spacial score (nSPS) is 41.8. The summed E-state index contributed by atoms with van der Waals surface area (Å²) in [6, 6.07) is 8.64. The minimum absolute atomic E-state index is 0.123. The number of rotatable bonds is 6. The van der Waals surface area contributed by atoms with Gasteiger partial charge in [0.15, 0.2) is 0 Å². The van der Waals surface area contributed by atoms with Gasteiger partial charge in [-0.25, -0.2) is 0 Å². The van der Waals surface area contributed by atoms with Gasteiger partial charge >= 0.3 is 0 Å². The molecule has 0 aromatic heterocycles. The van der Waals surface area contributed by atoms with Crippen LogP contribution in [0.25, 0.3) is 0 Å². The molecule has 7 heteroatoms. The summed E-state index contributed by atoms with van der Waals surface area (Å²) in [5.41, 5.74) is 1.37. The number of piperazine rings is 1. The summed E-state index contributed by atoms with van der Waals surface area (Å²) in [5.74, 6) is 3.40. The van der Waals surface area contributed by atoms with Crippen LogP contribution < -0.4 is 10.1 Å². The molecule has 0 radical (unpaired) electrons. The lowest BCUT2D eigenvalue weighted by Crippen LogP contribution is -2.59. The van der Waals surface area contributed by atoms with E-state index in [1.165, 1.54) is 37.7 Å². The second kappa shape index (κ2) is 9.26. The molecule has 2 aliphatic heterocycles. The summed E-state index contributed by atoms with van der Waals surface area (Å²) in [6.07, 6.45) is 11.3. The van der Waals surface area contributed by atoms with Crippen LogP contribution in [-0.2, 0) is 19.3 Å². The number of nitrogens with zero attached hydrogens (tertiary/aromatic N) is 1. The molecule has 7 aliphatic rings. The molecule has 5 saturated carbocycles. The highest BCUT2D eigenvalue weighted by Crippen LogP contribution is 2.64. The topological polar surface area (TPSA) is 69.3 Å². The zero-order valence-corrected chi connectivity index (χ0v) is 21.3. The Morgan fingerprint density at radius 3 is 2.39 bits per heavy atom. The van der Waals surface area contributed by atoms with Crippen LogP contribution in [0.1, 0.15) is 75.7 Å². The molecule has 5 aliphatic carbocycles. The van der Waals surface area contributed by atoms with Gasteiger partial charge in [-0.15, -0.1) is 0 Å². The highest BCUT2D eigenvalue weighted by molar-refractivity contribution is 5.78. The molecule has 7 nitrogen and oxygen atoms in total. The van der Waals surface area contributed by atoms with E-state index >= 15 is 0 Å². The number of hydrogen-bond donors (Lipinski definition) is 1. The predicted octanol–water partition coefficient (Wildman–Crippen LogP) is 4.37. The standard InChI is InChI=1S/C29H40N2O5/c32-27-19-31(12-10-30-27)11-1-13-33-26-4-2-22(3-5-26)23-6-8-28(9-7-23)34-29(36-35-28)24-15-20-14-21(17-24)18-25(29)16-20/h2-5,20-21,23-25H,1,6-19H2,(H,30,32)/t20?,21?,23-,24?,25?,28+,29-. The second-order valence-corrected chi connectivity index (χ2v) is 12.4. The average Bonchev–Trinajstić information content (AvgIpc) is 3.26. The summed E-state index contributed by atoms with van der Waals surface area (Å²) in [6.45, 7) is 3.74. The summed E-state index contributed by atoms with van der Waals surface area (Å²) in [7, 11) is 0. The molecule has 2 saturated heterocycles. The Bertz CT molecular complexity index is 929. The smallest absolute Gasteiger partial charge is 0.234 e. The first-order chi connectivity index (χ1) is 17.6. The molecular formula is C29H40N2O5. The molecule has 1 aromatic rings. The highest BCUT2D eigenvalue weighted by Gasteiger charge is 2.66. The first kappa shape index (κ1) is 23.4. The molecule has 2 heterocycles. The third-order valence-electron chi connectivity index (χ3n) is 10.0. The maximum atomic E-state index is 11.5. The number of nitrogens with one attached hydrogen (secondary N) is 1. The Morgan fingerprint density at radius 2 is 1.69 bits per heavy atom. The lowest BCUT2D eigenvalue weighted by molar-refractivity contribution is -0.390. The summed E-state index contributed by atoms with van der Waals surface area (Å²) in [4.78, 5) is 26.0. The fourth-order valence-electron chi connectivity index (χ4n) is 8.38. The van der Waals surface area contributed by atoms with E-state index in [0.717, 1.165) is 69.3 Å². The molecule has 1 amide bonds. The zero-order valence-electron chi connectivity index (χ0n) is 21.3. The lowest BCUT2D eigenvalue weighted by Gasteiger charge is -2.57. The quantitative estimate of drug-likeness (QED) is 0.466. The highest BCUT2D eigenvalue weighted by atomic mass is 17.3. The molecule has 36 heavy (non-hydrogen) atoms. The van der Waals surface area contributed by atoms with Gasteiger partial charge in [-0.05, 0) is 86.8 Å². The van der Waals surface area contributed by atoms with Crippen molar-refractivity contribution in [1.29, 1.82) is 0 Å². The van der Waals surface area contributed by atoms with Crippen molar-refractivity contribution in [1.82, 2.24) is 10.2 Å². The summed E-state index contributed by atoms with van der Waals surface area (Å²) in [5, 5.41) is 2.87. The van der Waals surface area contributed by atoms with E-state index in [4.69, 9.17) is 19.2 Å². The van der Waals surface area contributed by atoms with Crippen molar-refractivity contribution in [3.8, 4) is 5.75 Å². The summed E-state index contributed by atoms with van der Waals surface area (Å²) < 4.78 is 12.8. The molecule has 196 valence electrons.